The molecule has 0 rings (SSSR count). The minimum Gasteiger partial charge on any atom is -0.870 e. The second-order valence-corrected chi connectivity index (χ2v) is 0. The van der Waals surface area contributed by atoms with Crippen molar-refractivity contribution in [1.82, 2.24) is 0 Å². The van der Waals surface area contributed by atoms with Crippen LogP contribution in [0.25, 0.3) is 0 Å². The maximum Gasteiger partial charge on any atom is 1.00 e. The Hall–Kier alpha value is 0.700. The molecular weight excluding hydrogens is 63.0 g/mol. The van der Waals surface area contributed by atoms with Gasteiger partial charge >= 0.3 is 29.6 Å². The van der Waals surface area contributed by atoms with Crippen molar-refractivity contribution in [1.29, 1.82) is 0 Å². The third-order valence-electron chi connectivity index (χ3n) is 0. The van der Waals surface area contributed by atoms with Crippen molar-refractivity contribution in [3.63, 3.8) is 0 Å². The van der Waals surface area contributed by atoms with Crippen molar-refractivity contribution in [2.24, 2.45) is 0 Å². The summed E-state index contributed by atoms with van der Waals surface area (Å²) in [7, 11) is 0. The third-order valence-corrected chi connectivity index (χ3v) is 0. The molecule has 0 aliphatic heterocycles. The minimum absolute atomic E-state index is 0. The number of rotatable bonds is 0. The Morgan fingerprint density at radius 2 is 1.00 bits per heavy atom. The molecule has 0 fully saturated rings. The van der Waals surface area contributed by atoms with E-state index in [0.717, 1.165) is 0 Å². The van der Waals surface area contributed by atoms with Crippen molar-refractivity contribution in [3.05, 3.63) is 13.2 Å². The molecule has 0 bridgehead atoms. The first-order valence-electron chi connectivity index (χ1n) is 0.500. The van der Waals surface area contributed by atoms with Crippen LogP contribution >= 0.6 is 0 Å². The van der Waals surface area contributed by atoms with E-state index < -0.39 is 0 Å². The summed E-state index contributed by atoms with van der Waals surface area (Å²) >= 11 is 0. The molecule has 1 nitrogen and oxygen atoms in total. The first-order chi connectivity index (χ1) is 1.00. The molecule has 4 heavy (non-hydrogen) atoms. The SMILES string of the molecule is C=C.[Na+].[OH-]. The summed E-state index contributed by atoms with van der Waals surface area (Å²) in [5.41, 5.74) is 0. The molecule has 0 aliphatic carbocycles. The fourth-order valence-electron chi connectivity index (χ4n) is 0. The largest absolute Gasteiger partial charge is 1.00 e. The van der Waals surface area contributed by atoms with Crippen LogP contribution in [0.15, 0.2) is 13.2 Å². The molecule has 1 N–H and O–H groups in total. The Morgan fingerprint density at radius 1 is 1.00 bits per heavy atom. The van der Waals surface area contributed by atoms with Crippen LogP contribution in [0.3, 0.4) is 0 Å². The van der Waals surface area contributed by atoms with Gasteiger partial charge in [0.05, 0.1) is 0 Å². The van der Waals surface area contributed by atoms with Gasteiger partial charge in [-0.3, -0.25) is 0 Å². The summed E-state index contributed by atoms with van der Waals surface area (Å²) in [6.07, 6.45) is 0. The second-order valence-electron chi connectivity index (χ2n) is 0. The van der Waals surface area contributed by atoms with E-state index in [1.165, 1.54) is 0 Å². The summed E-state index contributed by atoms with van der Waals surface area (Å²) in [5, 5.41) is 0. The molecule has 0 aromatic heterocycles. The molecule has 0 spiro atoms. The minimum atomic E-state index is 0. The zero-order chi connectivity index (χ0) is 2.00. The van der Waals surface area contributed by atoms with Gasteiger partial charge in [0.25, 0.3) is 0 Å². The van der Waals surface area contributed by atoms with E-state index in [-0.39, 0.29) is 35.0 Å². The van der Waals surface area contributed by atoms with Gasteiger partial charge in [-0.05, 0) is 0 Å². The monoisotopic (exact) mass is 68.0 g/mol. The molecule has 0 aromatic carbocycles. The molecule has 0 aliphatic rings. The van der Waals surface area contributed by atoms with Crippen LogP contribution in [0.1, 0.15) is 0 Å². The zero-order valence-corrected chi connectivity index (χ0v) is 4.86. The Labute approximate surface area is 48.3 Å². The van der Waals surface area contributed by atoms with Gasteiger partial charge in [-0.25, -0.2) is 0 Å². The van der Waals surface area contributed by atoms with Gasteiger partial charge in [0, 0.05) is 0 Å². The van der Waals surface area contributed by atoms with Crippen molar-refractivity contribution in [2.75, 3.05) is 0 Å². The number of hydrogen-bond donors (Lipinski definition) is 0. The molecular formula is C2H5NaO. The van der Waals surface area contributed by atoms with Crippen LogP contribution in [-0.2, 0) is 0 Å². The van der Waals surface area contributed by atoms with Crippen molar-refractivity contribution >= 4 is 0 Å². The van der Waals surface area contributed by atoms with E-state index in [9.17, 15) is 0 Å². The maximum absolute atomic E-state index is 3.00. The summed E-state index contributed by atoms with van der Waals surface area (Å²) in [6.45, 7) is 6.00. The third kappa shape index (κ3) is 15.9. The van der Waals surface area contributed by atoms with Crippen LogP contribution in [0, 0.1) is 0 Å². The van der Waals surface area contributed by atoms with Gasteiger partial charge < -0.3 is 5.48 Å². The Kier molecular flexibility index (Phi) is 306. The van der Waals surface area contributed by atoms with E-state index in [1.54, 1.807) is 0 Å². The Balaban J connectivity index is -0.00000000500. The van der Waals surface area contributed by atoms with E-state index in [0.29, 0.717) is 0 Å². The zero-order valence-electron chi connectivity index (χ0n) is 2.86. The maximum atomic E-state index is 3.00. The van der Waals surface area contributed by atoms with E-state index in [4.69, 9.17) is 0 Å². The van der Waals surface area contributed by atoms with Crippen LogP contribution in [-0.4, -0.2) is 5.48 Å². The molecule has 20 valence electrons. The number of hydrogen-bond acceptors (Lipinski definition) is 1. The molecule has 0 unspecified atom stereocenters. The topological polar surface area (TPSA) is 30.0 Å². The summed E-state index contributed by atoms with van der Waals surface area (Å²) < 4.78 is 0. The first-order valence-corrected chi connectivity index (χ1v) is 0.500. The van der Waals surface area contributed by atoms with Crippen LogP contribution < -0.4 is 29.6 Å². The van der Waals surface area contributed by atoms with E-state index in [1.807, 2.05) is 0 Å². The smallest absolute Gasteiger partial charge is 0.870 e. The molecule has 2 heteroatoms. The van der Waals surface area contributed by atoms with Crippen molar-refractivity contribution in [3.8, 4) is 0 Å². The van der Waals surface area contributed by atoms with Gasteiger partial charge in [0.1, 0.15) is 0 Å². The quantitative estimate of drug-likeness (QED) is 0.230. The molecule has 0 aromatic rings. The summed E-state index contributed by atoms with van der Waals surface area (Å²) in [5.74, 6) is 0. The standard InChI is InChI=1S/C2H4.Na.H2O/c1-2;;/h1-2H2;;1H2/q;+1;/p-1. The first kappa shape index (κ1) is 22.3. The summed E-state index contributed by atoms with van der Waals surface area (Å²) in [4.78, 5) is 0. The molecule has 0 saturated heterocycles. The molecule has 0 atom stereocenters. The van der Waals surface area contributed by atoms with Crippen LogP contribution in [0.5, 0.6) is 0 Å². The molecule has 0 saturated carbocycles. The fourth-order valence-corrected chi connectivity index (χ4v) is 0. The van der Waals surface area contributed by atoms with Gasteiger partial charge in [-0.15, -0.1) is 13.2 Å². The average molecular weight is 68.1 g/mol. The second kappa shape index (κ2) is 55.0. The average Bonchev–Trinajstić information content (AvgIpc) is 1.00. The normalized spacial score (nSPS) is 1.00. The Bertz CT molecular complexity index is 6.00. The van der Waals surface area contributed by atoms with E-state index in [2.05, 4.69) is 13.2 Å². The van der Waals surface area contributed by atoms with Gasteiger partial charge in [0.15, 0.2) is 0 Å². The summed E-state index contributed by atoms with van der Waals surface area (Å²) in [6, 6.07) is 0. The van der Waals surface area contributed by atoms with Crippen LogP contribution in [0.4, 0.5) is 0 Å². The van der Waals surface area contributed by atoms with Gasteiger partial charge in [-0.1, -0.05) is 0 Å². The predicted octanol–water partition coefficient (Wildman–Crippen LogP) is -2.37. The van der Waals surface area contributed by atoms with Crippen molar-refractivity contribution < 1.29 is 35.0 Å². The van der Waals surface area contributed by atoms with Crippen LogP contribution in [0.2, 0.25) is 0 Å². The molecule has 0 amide bonds. The van der Waals surface area contributed by atoms with Crippen molar-refractivity contribution in [2.45, 2.75) is 0 Å². The van der Waals surface area contributed by atoms with Gasteiger partial charge in [0.2, 0.25) is 0 Å². The fraction of sp³-hybridized carbons (Fsp3) is 0. The van der Waals surface area contributed by atoms with Gasteiger partial charge in [-0.2, -0.15) is 0 Å². The Morgan fingerprint density at radius 3 is 1.00 bits per heavy atom. The van der Waals surface area contributed by atoms with E-state index >= 15 is 0 Å². The molecule has 0 radical (unpaired) electrons. The molecule has 0 heterocycles. The predicted molar refractivity (Wildman–Crippen MR) is 13.2 cm³/mol.